The lowest BCUT2D eigenvalue weighted by Crippen LogP contribution is -2.40. The zero-order valence-electron chi connectivity index (χ0n) is 17.6. The van der Waals surface area contributed by atoms with Crippen LogP contribution in [0.3, 0.4) is 0 Å². The molecular formula is C22H32FIN4O2. The average Bonchev–Trinajstić information content (AvgIpc) is 2.73. The SMILES string of the molecule is CCCC(CCO)CNC(=NCc1ccc(Oc2cccnc2)c(F)c1)NCC.I. The fourth-order valence-electron chi connectivity index (χ4n) is 2.95. The van der Waals surface area contributed by atoms with Gasteiger partial charge in [-0.25, -0.2) is 9.38 Å². The lowest BCUT2D eigenvalue weighted by molar-refractivity contribution is 0.251. The van der Waals surface area contributed by atoms with Crippen molar-refractivity contribution < 1.29 is 14.2 Å². The maximum Gasteiger partial charge on any atom is 0.191 e. The summed E-state index contributed by atoms with van der Waals surface area (Å²) in [5, 5.41) is 15.7. The molecule has 0 bridgehead atoms. The van der Waals surface area contributed by atoms with Crippen molar-refractivity contribution in [2.45, 2.75) is 39.7 Å². The number of ether oxygens (including phenoxy) is 1. The number of benzene rings is 1. The monoisotopic (exact) mass is 530 g/mol. The highest BCUT2D eigenvalue weighted by Crippen LogP contribution is 2.24. The van der Waals surface area contributed by atoms with E-state index < -0.39 is 5.82 Å². The Morgan fingerprint density at radius 1 is 1.23 bits per heavy atom. The largest absolute Gasteiger partial charge is 0.453 e. The molecule has 1 aromatic carbocycles. The molecule has 2 aromatic rings. The van der Waals surface area contributed by atoms with Gasteiger partial charge in [-0.2, -0.15) is 0 Å². The molecule has 1 atom stereocenters. The van der Waals surface area contributed by atoms with Crippen LogP contribution in [0.2, 0.25) is 0 Å². The fraction of sp³-hybridized carbons (Fsp3) is 0.455. The van der Waals surface area contributed by atoms with E-state index >= 15 is 0 Å². The smallest absolute Gasteiger partial charge is 0.191 e. The summed E-state index contributed by atoms with van der Waals surface area (Å²) in [6.45, 7) is 6.15. The number of hydrogen-bond acceptors (Lipinski definition) is 4. The number of aliphatic hydroxyl groups is 1. The summed E-state index contributed by atoms with van der Waals surface area (Å²) in [5.74, 6) is 1.28. The van der Waals surface area contributed by atoms with Gasteiger partial charge in [-0.1, -0.05) is 19.4 Å². The second-order valence-electron chi connectivity index (χ2n) is 6.80. The Labute approximate surface area is 195 Å². The van der Waals surface area contributed by atoms with E-state index in [1.165, 1.54) is 12.3 Å². The van der Waals surface area contributed by atoms with E-state index in [0.717, 1.165) is 37.9 Å². The summed E-state index contributed by atoms with van der Waals surface area (Å²) in [5.41, 5.74) is 0.749. The third kappa shape index (κ3) is 9.25. The number of pyridine rings is 1. The van der Waals surface area contributed by atoms with E-state index in [0.29, 0.717) is 24.2 Å². The van der Waals surface area contributed by atoms with Gasteiger partial charge in [0.2, 0.25) is 0 Å². The van der Waals surface area contributed by atoms with Gasteiger partial charge in [-0.3, -0.25) is 4.98 Å². The van der Waals surface area contributed by atoms with Gasteiger partial charge < -0.3 is 20.5 Å². The minimum Gasteiger partial charge on any atom is -0.453 e. The van der Waals surface area contributed by atoms with E-state index in [-0.39, 0.29) is 36.3 Å². The van der Waals surface area contributed by atoms with Gasteiger partial charge >= 0.3 is 0 Å². The van der Waals surface area contributed by atoms with Crippen LogP contribution in [0, 0.1) is 11.7 Å². The number of guanidine groups is 1. The molecule has 1 aromatic heterocycles. The predicted octanol–water partition coefficient (Wildman–Crippen LogP) is 4.48. The standard InChI is InChI=1S/C22H31FN4O2.HI/c1-3-6-17(10-12-28)14-26-22(25-4-2)27-15-18-8-9-21(20(23)13-18)29-19-7-5-11-24-16-19;/h5,7-9,11,13,16-17,28H,3-4,6,10,12,14-15H2,1-2H3,(H2,25,26,27);1H. The predicted molar refractivity (Wildman–Crippen MR) is 129 cm³/mol. The average molecular weight is 530 g/mol. The number of hydrogen-bond donors (Lipinski definition) is 3. The van der Waals surface area contributed by atoms with Crippen molar-refractivity contribution in [3.05, 3.63) is 54.1 Å². The summed E-state index contributed by atoms with van der Waals surface area (Å²) in [6, 6.07) is 8.29. The minimum atomic E-state index is -0.439. The summed E-state index contributed by atoms with van der Waals surface area (Å²) in [7, 11) is 0. The molecule has 2 rings (SSSR count). The molecule has 0 saturated heterocycles. The van der Waals surface area contributed by atoms with Crippen molar-refractivity contribution in [3.63, 3.8) is 0 Å². The Bertz CT molecular complexity index is 756. The Balaban J connectivity index is 0.00000450. The number of aromatic nitrogens is 1. The van der Waals surface area contributed by atoms with Crippen LogP contribution in [-0.4, -0.2) is 35.7 Å². The quantitative estimate of drug-likeness (QED) is 0.227. The first-order valence-electron chi connectivity index (χ1n) is 10.2. The molecule has 0 saturated carbocycles. The molecule has 3 N–H and O–H groups in total. The first kappa shape index (κ1) is 26.1. The first-order valence-corrected chi connectivity index (χ1v) is 10.2. The minimum absolute atomic E-state index is 0. The van der Waals surface area contributed by atoms with Crippen molar-refractivity contribution in [2.24, 2.45) is 10.9 Å². The molecule has 0 aliphatic carbocycles. The Kier molecular flexibility index (Phi) is 13.0. The molecule has 30 heavy (non-hydrogen) atoms. The number of aliphatic imine (C=N–C) groups is 1. The van der Waals surface area contributed by atoms with Gasteiger partial charge in [0, 0.05) is 25.9 Å². The van der Waals surface area contributed by atoms with Gasteiger partial charge in [-0.15, -0.1) is 24.0 Å². The van der Waals surface area contributed by atoms with Crippen molar-refractivity contribution in [1.82, 2.24) is 15.6 Å². The normalized spacial score (nSPS) is 12.1. The van der Waals surface area contributed by atoms with Crippen LogP contribution < -0.4 is 15.4 Å². The van der Waals surface area contributed by atoms with Crippen LogP contribution >= 0.6 is 24.0 Å². The van der Waals surface area contributed by atoms with Crippen molar-refractivity contribution >= 4 is 29.9 Å². The molecule has 0 aliphatic heterocycles. The molecule has 8 heteroatoms. The van der Waals surface area contributed by atoms with Crippen molar-refractivity contribution in [1.29, 1.82) is 0 Å². The van der Waals surface area contributed by atoms with E-state index in [4.69, 9.17) is 4.74 Å². The van der Waals surface area contributed by atoms with Crippen LogP contribution in [0.1, 0.15) is 38.7 Å². The number of rotatable bonds is 11. The molecule has 0 spiro atoms. The number of aliphatic hydroxyl groups excluding tert-OH is 1. The van der Waals surface area contributed by atoms with Crippen molar-refractivity contribution in [2.75, 3.05) is 19.7 Å². The molecular weight excluding hydrogens is 498 g/mol. The van der Waals surface area contributed by atoms with Gasteiger partial charge in [0.1, 0.15) is 5.75 Å². The topological polar surface area (TPSA) is 78.8 Å². The Hall–Kier alpha value is -1.94. The number of nitrogens with one attached hydrogen (secondary N) is 2. The number of halogens is 2. The van der Waals surface area contributed by atoms with Crippen LogP contribution in [0.25, 0.3) is 0 Å². The highest BCUT2D eigenvalue weighted by atomic mass is 127. The van der Waals surface area contributed by atoms with Gasteiger partial charge in [0.25, 0.3) is 0 Å². The second kappa shape index (κ2) is 15.0. The summed E-state index contributed by atoms with van der Waals surface area (Å²) >= 11 is 0. The van der Waals surface area contributed by atoms with Gasteiger partial charge in [0.05, 0.1) is 12.7 Å². The molecule has 166 valence electrons. The summed E-state index contributed by atoms with van der Waals surface area (Å²) in [4.78, 5) is 8.50. The van der Waals surface area contributed by atoms with E-state index in [1.54, 1.807) is 30.5 Å². The van der Waals surface area contributed by atoms with E-state index in [9.17, 15) is 9.50 Å². The maximum absolute atomic E-state index is 14.4. The Morgan fingerprint density at radius 2 is 2.07 bits per heavy atom. The van der Waals surface area contributed by atoms with Gasteiger partial charge in [0.15, 0.2) is 17.5 Å². The molecule has 0 aliphatic rings. The van der Waals surface area contributed by atoms with Crippen LogP contribution in [0.4, 0.5) is 4.39 Å². The van der Waals surface area contributed by atoms with Gasteiger partial charge in [-0.05, 0) is 55.5 Å². The zero-order valence-corrected chi connectivity index (χ0v) is 19.9. The highest BCUT2D eigenvalue weighted by Gasteiger charge is 2.09. The molecule has 6 nitrogen and oxygen atoms in total. The molecule has 0 fully saturated rings. The molecule has 0 radical (unpaired) electrons. The lowest BCUT2D eigenvalue weighted by atomic mass is 10.0. The summed E-state index contributed by atoms with van der Waals surface area (Å²) < 4.78 is 19.9. The molecule has 0 amide bonds. The third-order valence-electron chi connectivity index (χ3n) is 4.41. The van der Waals surface area contributed by atoms with Crippen LogP contribution in [0.15, 0.2) is 47.7 Å². The molecule has 1 unspecified atom stereocenters. The first-order chi connectivity index (χ1) is 14.2. The zero-order chi connectivity index (χ0) is 20.9. The van der Waals surface area contributed by atoms with Crippen LogP contribution in [-0.2, 0) is 6.54 Å². The summed E-state index contributed by atoms with van der Waals surface area (Å²) in [6.07, 6.45) is 6.07. The van der Waals surface area contributed by atoms with Crippen LogP contribution in [0.5, 0.6) is 11.5 Å². The third-order valence-corrected chi connectivity index (χ3v) is 4.41. The van der Waals surface area contributed by atoms with E-state index in [1.807, 2.05) is 6.92 Å². The Morgan fingerprint density at radius 3 is 2.70 bits per heavy atom. The van der Waals surface area contributed by atoms with Crippen molar-refractivity contribution in [3.8, 4) is 11.5 Å². The second-order valence-corrected chi connectivity index (χ2v) is 6.80. The van der Waals surface area contributed by atoms with E-state index in [2.05, 4.69) is 27.5 Å². The molecule has 1 heterocycles. The fourth-order valence-corrected chi connectivity index (χ4v) is 2.95. The number of nitrogens with zero attached hydrogens (tertiary/aromatic N) is 2. The maximum atomic E-state index is 14.4. The lowest BCUT2D eigenvalue weighted by Gasteiger charge is -2.18. The highest BCUT2D eigenvalue weighted by molar-refractivity contribution is 14.0.